The Morgan fingerprint density at radius 1 is 1.30 bits per heavy atom. The van der Waals surface area contributed by atoms with E-state index in [4.69, 9.17) is 9.47 Å². The van der Waals surface area contributed by atoms with Crippen molar-refractivity contribution in [2.45, 2.75) is 12.5 Å². The minimum atomic E-state index is -0.299. The first kappa shape index (κ1) is 14.2. The molecule has 0 spiro atoms. The third-order valence-electron chi connectivity index (χ3n) is 3.33. The Morgan fingerprint density at radius 2 is 1.90 bits per heavy atom. The fourth-order valence-electron chi connectivity index (χ4n) is 2.29. The average molecular weight is 278 g/mol. The van der Waals surface area contributed by atoms with Crippen molar-refractivity contribution in [2.75, 3.05) is 27.8 Å². The lowest BCUT2D eigenvalue weighted by Gasteiger charge is -2.16. The van der Waals surface area contributed by atoms with Gasteiger partial charge in [-0.05, 0) is 12.1 Å². The first-order valence-electron chi connectivity index (χ1n) is 6.32. The second-order valence-corrected chi connectivity index (χ2v) is 4.69. The molecule has 1 aliphatic rings. The molecule has 1 aromatic carbocycles. The summed E-state index contributed by atoms with van der Waals surface area (Å²) < 4.78 is 10.4. The van der Waals surface area contributed by atoms with E-state index in [2.05, 4.69) is 5.32 Å². The summed E-state index contributed by atoms with van der Waals surface area (Å²) in [5, 5.41) is 2.84. The molecule has 2 rings (SSSR count). The smallest absolute Gasteiger partial charge is 0.259 e. The summed E-state index contributed by atoms with van der Waals surface area (Å²) in [4.78, 5) is 25.4. The van der Waals surface area contributed by atoms with Crippen LogP contribution in [0.2, 0.25) is 0 Å². The largest absolute Gasteiger partial charge is 0.496 e. The summed E-state index contributed by atoms with van der Waals surface area (Å²) >= 11 is 0. The van der Waals surface area contributed by atoms with Gasteiger partial charge in [-0.3, -0.25) is 9.59 Å². The summed E-state index contributed by atoms with van der Waals surface area (Å²) in [5.41, 5.74) is 0.347. The van der Waals surface area contributed by atoms with E-state index in [0.717, 1.165) is 0 Å². The number of hydrogen-bond acceptors (Lipinski definition) is 4. The van der Waals surface area contributed by atoms with Crippen molar-refractivity contribution in [1.29, 1.82) is 0 Å². The van der Waals surface area contributed by atoms with Gasteiger partial charge in [0.25, 0.3) is 5.91 Å². The van der Waals surface area contributed by atoms with Crippen molar-refractivity contribution >= 4 is 11.8 Å². The molecular weight excluding hydrogens is 260 g/mol. The highest BCUT2D eigenvalue weighted by atomic mass is 16.5. The van der Waals surface area contributed by atoms with Gasteiger partial charge in [0.15, 0.2) is 0 Å². The van der Waals surface area contributed by atoms with Crippen molar-refractivity contribution in [2.24, 2.45) is 0 Å². The Kier molecular flexibility index (Phi) is 4.12. The number of ether oxygens (including phenoxy) is 2. The van der Waals surface area contributed by atoms with E-state index in [1.54, 1.807) is 30.1 Å². The van der Waals surface area contributed by atoms with Crippen LogP contribution in [0.3, 0.4) is 0 Å². The number of nitrogens with zero attached hydrogens (tertiary/aromatic N) is 1. The molecule has 1 unspecified atom stereocenters. The topological polar surface area (TPSA) is 67.9 Å². The molecule has 1 aromatic rings. The summed E-state index contributed by atoms with van der Waals surface area (Å²) in [5.74, 6) is 0.619. The number of amides is 2. The number of methoxy groups -OCH3 is 2. The van der Waals surface area contributed by atoms with Gasteiger partial charge in [0.1, 0.15) is 17.1 Å². The number of likely N-dealkylation sites (tertiary alicyclic amines) is 1. The first-order chi connectivity index (χ1) is 9.56. The van der Waals surface area contributed by atoms with E-state index < -0.39 is 0 Å². The maximum atomic E-state index is 12.4. The highest BCUT2D eigenvalue weighted by Crippen LogP contribution is 2.28. The van der Waals surface area contributed by atoms with Crippen LogP contribution < -0.4 is 14.8 Å². The van der Waals surface area contributed by atoms with Gasteiger partial charge < -0.3 is 19.7 Å². The zero-order chi connectivity index (χ0) is 14.7. The molecule has 0 aromatic heterocycles. The molecule has 1 saturated heterocycles. The van der Waals surface area contributed by atoms with Gasteiger partial charge >= 0.3 is 0 Å². The molecule has 6 nitrogen and oxygen atoms in total. The summed E-state index contributed by atoms with van der Waals surface area (Å²) in [6.45, 7) is 0.516. The number of nitrogens with one attached hydrogen (secondary N) is 1. The van der Waals surface area contributed by atoms with Crippen molar-refractivity contribution in [3.63, 3.8) is 0 Å². The predicted octanol–water partition coefficient (Wildman–Crippen LogP) is 0.664. The third-order valence-corrected chi connectivity index (χ3v) is 3.33. The van der Waals surface area contributed by atoms with Crippen molar-refractivity contribution in [3.05, 3.63) is 23.8 Å². The molecule has 108 valence electrons. The molecular formula is C14H18N2O4. The molecule has 2 amide bonds. The van der Waals surface area contributed by atoms with Crippen molar-refractivity contribution < 1.29 is 19.1 Å². The number of benzene rings is 1. The Labute approximate surface area is 117 Å². The number of carbonyl (C=O) groups is 2. The number of rotatable bonds is 4. The lowest BCUT2D eigenvalue weighted by molar-refractivity contribution is -0.126. The maximum absolute atomic E-state index is 12.4. The molecule has 1 atom stereocenters. The van der Waals surface area contributed by atoms with E-state index in [0.29, 0.717) is 30.0 Å². The minimum Gasteiger partial charge on any atom is -0.496 e. The monoisotopic (exact) mass is 278 g/mol. The molecule has 1 fully saturated rings. The fourth-order valence-corrected chi connectivity index (χ4v) is 2.29. The van der Waals surface area contributed by atoms with E-state index in [1.807, 2.05) is 0 Å². The van der Waals surface area contributed by atoms with E-state index in [1.165, 1.54) is 14.2 Å². The minimum absolute atomic E-state index is 0.0299. The fraction of sp³-hybridized carbons (Fsp3) is 0.429. The normalized spacial score (nSPS) is 18.1. The average Bonchev–Trinajstić information content (AvgIpc) is 2.75. The van der Waals surface area contributed by atoms with Crippen LogP contribution in [0.5, 0.6) is 11.5 Å². The Hall–Kier alpha value is -2.24. The zero-order valence-electron chi connectivity index (χ0n) is 11.8. The molecule has 0 saturated carbocycles. The number of likely N-dealkylation sites (N-methyl/N-ethyl adjacent to an activating group) is 1. The summed E-state index contributed by atoms with van der Waals surface area (Å²) in [6, 6.07) is 4.96. The molecule has 1 aliphatic heterocycles. The van der Waals surface area contributed by atoms with Crippen LogP contribution in [-0.4, -0.2) is 50.6 Å². The first-order valence-corrected chi connectivity index (χ1v) is 6.32. The second kappa shape index (κ2) is 5.81. The van der Waals surface area contributed by atoms with Crippen molar-refractivity contribution in [3.8, 4) is 11.5 Å². The molecule has 0 aliphatic carbocycles. The van der Waals surface area contributed by atoms with Gasteiger partial charge in [-0.25, -0.2) is 0 Å². The van der Waals surface area contributed by atoms with Gasteiger partial charge in [0, 0.05) is 20.0 Å². The Bertz CT molecular complexity index is 508. The number of hydrogen-bond donors (Lipinski definition) is 1. The Balaban J connectivity index is 2.19. The third kappa shape index (κ3) is 2.68. The highest BCUT2D eigenvalue weighted by molar-refractivity contribution is 6.00. The van der Waals surface area contributed by atoms with Crippen LogP contribution in [-0.2, 0) is 4.79 Å². The molecule has 1 N–H and O–H groups in total. The molecule has 20 heavy (non-hydrogen) atoms. The number of carbonyl (C=O) groups excluding carboxylic acids is 2. The zero-order valence-corrected chi connectivity index (χ0v) is 11.8. The quantitative estimate of drug-likeness (QED) is 0.878. The molecule has 0 radical (unpaired) electrons. The second-order valence-electron chi connectivity index (χ2n) is 4.69. The van der Waals surface area contributed by atoms with E-state index >= 15 is 0 Å². The van der Waals surface area contributed by atoms with Crippen LogP contribution >= 0.6 is 0 Å². The van der Waals surface area contributed by atoms with Crippen LogP contribution in [0, 0.1) is 0 Å². The van der Waals surface area contributed by atoms with Gasteiger partial charge in [-0.2, -0.15) is 0 Å². The molecule has 1 heterocycles. The maximum Gasteiger partial charge on any atom is 0.259 e. The predicted molar refractivity (Wildman–Crippen MR) is 73.1 cm³/mol. The van der Waals surface area contributed by atoms with E-state index in [-0.39, 0.29) is 17.9 Å². The van der Waals surface area contributed by atoms with Crippen LogP contribution in [0.1, 0.15) is 16.8 Å². The SMILES string of the molecule is COc1cccc(OC)c1C(=O)NC1CC(=O)N(C)C1. The highest BCUT2D eigenvalue weighted by Gasteiger charge is 2.29. The van der Waals surface area contributed by atoms with Gasteiger partial charge in [0.2, 0.25) is 5.91 Å². The van der Waals surface area contributed by atoms with Crippen LogP contribution in [0.15, 0.2) is 18.2 Å². The Morgan fingerprint density at radius 3 is 2.35 bits per heavy atom. The summed E-state index contributed by atoms with van der Waals surface area (Å²) in [7, 11) is 4.72. The summed E-state index contributed by atoms with van der Waals surface area (Å²) in [6.07, 6.45) is 0.319. The van der Waals surface area contributed by atoms with Gasteiger partial charge in [-0.1, -0.05) is 6.07 Å². The van der Waals surface area contributed by atoms with Crippen LogP contribution in [0.4, 0.5) is 0 Å². The molecule has 0 bridgehead atoms. The van der Waals surface area contributed by atoms with Crippen LogP contribution in [0.25, 0.3) is 0 Å². The van der Waals surface area contributed by atoms with Crippen molar-refractivity contribution in [1.82, 2.24) is 10.2 Å². The standard InChI is InChI=1S/C14H18N2O4/c1-16-8-9(7-12(16)17)15-14(18)13-10(19-2)5-4-6-11(13)20-3/h4-6,9H,7-8H2,1-3H3,(H,15,18). The lowest BCUT2D eigenvalue weighted by atomic mass is 10.1. The lowest BCUT2D eigenvalue weighted by Crippen LogP contribution is -2.36. The van der Waals surface area contributed by atoms with Gasteiger partial charge in [-0.15, -0.1) is 0 Å². The van der Waals surface area contributed by atoms with E-state index in [9.17, 15) is 9.59 Å². The molecule has 6 heteroatoms. The van der Waals surface area contributed by atoms with Gasteiger partial charge in [0.05, 0.1) is 20.3 Å².